The van der Waals surface area contributed by atoms with Crippen LogP contribution in [-0.2, 0) is 4.79 Å². The van der Waals surface area contributed by atoms with Gasteiger partial charge in [-0.15, -0.1) is 11.8 Å². The fraction of sp³-hybridized carbons (Fsp3) is 0.167. The van der Waals surface area contributed by atoms with E-state index in [-0.39, 0.29) is 23.2 Å². The molecule has 0 bridgehead atoms. The number of hydrogen-bond acceptors (Lipinski definition) is 4. The largest absolute Gasteiger partial charge is 0.366 e. The Morgan fingerprint density at radius 1 is 1.00 bits per heavy atom. The minimum Gasteiger partial charge on any atom is -0.366 e. The van der Waals surface area contributed by atoms with Gasteiger partial charge < -0.3 is 11.1 Å². The lowest BCUT2D eigenvalue weighted by atomic mass is 10.1. The molecule has 0 spiro atoms. The summed E-state index contributed by atoms with van der Waals surface area (Å²) >= 11 is 1.25. The molecule has 2 aromatic carbocycles. The Labute approximate surface area is 144 Å². The molecular formula is C18H18N2O3S. The van der Waals surface area contributed by atoms with Crippen LogP contribution < -0.4 is 11.1 Å². The normalized spacial score (nSPS) is 10.2. The van der Waals surface area contributed by atoms with Gasteiger partial charge in [-0.05, 0) is 24.6 Å². The number of nitrogens with one attached hydrogen (secondary N) is 1. The van der Waals surface area contributed by atoms with Crippen molar-refractivity contribution in [3.63, 3.8) is 0 Å². The highest BCUT2D eigenvalue weighted by molar-refractivity contribution is 8.00. The number of carbonyl (C=O) groups is 3. The van der Waals surface area contributed by atoms with Gasteiger partial charge in [0, 0.05) is 16.8 Å². The first-order valence-electron chi connectivity index (χ1n) is 7.33. The Kier molecular flexibility index (Phi) is 6.14. The van der Waals surface area contributed by atoms with Gasteiger partial charge in [0.25, 0.3) is 0 Å². The molecule has 124 valence electrons. The first kappa shape index (κ1) is 17.7. The first-order valence-corrected chi connectivity index (χ1v) is 8.49. The fourth-order valence-electron chi connectivity index (χ4n) is 2.04. The van der Waals surface area contributed by atoms with Crippen molar-refractivity contribution in [2.45, 2.75) is 6.92 Å². The molecule has 5 nitrogen and oxygen atoms in total. The number of Topliss-reactive ketones (excluding diaryl/α,β-unsaturated/α-hetero) is 1. The van der Waals surface area contributed by atoms with Gasteiger partial charge in [-0.1, -0.05) is 36.4 Å². The number of carbonyl (C=O) groups excluding carboxylic acids is 3. The van der Waals surface area contributed by atoms with Crippen molar-refractivity contribution in [1.82, 2.24) is 0 Å². The third kappa shape index (κ3) is 4.96. The maximum absolute atomic E-state index is 12.0. The van der Waals surface area contributed by atoms with E-state index >= 15 is 0 Å². The van der Waals surface area contributed by atoms with Crippen molar-refractivity contribution in [1.29, 1.82) is 0 Å². The minimum absolute atomic E-state index is 0.0136. The summed E-state index contributed by atoms with van der Waals surface area (Å²) in [6, 6.07) is 13.8. The molecular weight excluding hydrogens is 324 g/mol. The molecule has 0 unspecified atom stereocenters. The third-order valence-electron chi connectivity index (χ3n) is 3.36. The number of aryl methyl sites for hydroxylation is 1. The van der Waals surface area contributed by atoms with Crippen molar-refractivity contribution in [2.75, 3.05) is 16.8 Å². The average molecular weight is 342 g/mol. The van der Waals surface area contributed by atoms with E-state index in [1.807, 2.05) is 13.0 Å². The van der Waals surface area contributed by atoms with Crippen molar-refractivity contribution < 1.29 is 14.4 Å². The molecule has 0 saturated carbocycles. The van der Waals surface area contributed by atoms with Crippen LogP contribution in [0.15, 0.2) is 48.5 Å². The van der Waals surface area contributed by atoms with Gasteiger partial charge in [-0.2, -0.15) is 0 Å². The van der Waals surface area contributed by atoms with Crippen LogP contribution in [0.4, 0.5) is 5.69 Å². The number of ketones is 1. The molecule has 0 aliphatic carbocycles. The number of anilines is 1. The summed E-state index contributed by atoms with van der Waals surface area (Å²) in [5, 5.41) is 2.74. The number of nitrogens with two attached hydrogens (primary N) is 1. The van der Waals surface area contributed by atoms with Crippen molar-refractivity contribution in [3.8, 4) is 0 Å². The summed E-state index contributed by atoms with van der Waals surface area (Å²) in [5.74, 6) is -0.407. The summed E-state index contributed by atoms with van der Waals surface area (Å²) in [6.07, 6.45) is 0. The molecule has 0 aromatic heterocycles. The topological polar surface area (TPSA) is 89.3 Å². The second kappa shape index (κ2) is 8.31. The number of hydrogen-bond donors (Lipinski definition) is 2. The second-order valence-corrected chi connectivity index (χ2v) is 6.21. The third-order valence-corrected chi connectivity index (χ3v) is 4.29. The van der Waals surface area contributed by atoms with Gasteiger partial charge in [0.15, 0.2) is 5.78 Å². The van der Waals surface area contributed by atoms with Gasteiger partial charge in [-0.25, -0.2) is 0 Å². The Morgan fingerprint density at radius 3 is 2.38 bits per heavy atom. The van der Waals surface area contributed by atoms with E-state index in [0.29, 0.717) is 16.8 Å². The van der Waals surface area contributed by atoms with E-state index in [2.05, 4.69) is 5.32 Å². The average Bonchev–Trinajstić information content (AvgIpc) is 2.57. The lowest BCUT2D eigenvalue weighted by molar-refractivity contribution is -0.113. The summed E-state index contributed by atoms with van der Waals surface area (Å²) in [7, 11) is 0. The summed E-state index contributed by atoms with van der Waals surface area (Å²) in [6.45, 7) is 1.83. The van der Waals surface area contributed by atoms with E-state index < -0.39 is 5.91 Å². The summed E-state index contributed by atoms with van der Waals surface area (Å²) in [5.41, 5.74) is 7.59. The van der Waals surface area contributed by atoms with Crippen LogP contribution >= 0.6 is 11.8 Å². The van der Waals surface area contributed by atoms with E-state index in [9.17, 15) is 14.4 Å². The van der Waals surface area contributed by atoms with E-state index in [1.165, 1.54) is 11.8 Å². The van der Waals surface area contributed by atoms with Crippen LogP contribution in [0.1, 0.15) is 26.3 Å². The molecule has 6 heteroatoms. The van der Waals surface area contributed by atoms with Gasteiger partial charge in [-0.3, -0.25) is 14.4 Å². The summed E-state index contributed by atoms with van der Waals surface area (Å²) < 4.78 is 0. The molecule has 2 aromatic rings. The van der Waals surface area contributed by atoms with Crippen molar-refractivity contribution in [2.24, 2.45) is 5.73 Å². The number of thioether (sulfide) groups is 1. The van der Waals surface area contributed by atoms with Gasteiger partial charge in [0.05, 0.1) is 11.5 Å². The van der Waals surface area contributed by atoms with Crippen molar-refractivity contribution >= 4 is 35.0 Å². The lowest BCUT2D eigenvalue weighted by Gasteiger charge is -2.09. The van der Waals surface area contributed by atoms with E-state index in [1.54, 1.807) is 42.5 Å². The van der Waals surface area contributed by atoms with E-state index in [4.69, 9.17) is 5.73 Å². The smallest absolute Gasteiger partial charge is 0.248 e. The van der Waals surface area contributed by atoms with E-state index in [0.717, 1.165) is 5.56 Å². The lowest BCUT2D eigenvalue weighted by Crippen LogP contribution is -2.17. The molecule has 0 saturated heterocycles. The predicted molar refractivity (Wildman–Crippen MR) is 96.4 cm³/mol. The number of primary amides is 1. The monoisotopic (exact) mass is 342 g/mol. The molecule has 3 N–H and O–H groups in total. The molecule has 0 aliphatic rings. The number of amides is 2. The second-order valence-electron chi connectivity index (χ2n) is 5.22. The molecule has 24 heavy (non-hydrogen) atoms. The predicted octanol–water partition coefficient (Wildman–Crippen LogP) is 2.65. The summed E-state index contributed by atoms with van der Waals surface area (Å²) in [4.78, 5) is 35.2. The highest BCUT2D eigenvalue weighted by Crippen LogP contribution is 2.17. The number of benzene rings is 2. The van der Waals surface area contributed by atoms with Crippen molar-refractivity contribution in [3.05, 3.63) is 65.2 Å². The zero-order valence-corrected chi connectivity index (χ0v) is 14.1. The SMILES string of the molecule is Cc1ccc(C(N)=O)cc1NC(=O)CSCC(=O)c1ccccc1. The standard InChI is InChI=1S/C18H18N2O3S/c1-12-7-8-14(18(19)23)9-15(12)20-17(22)11-24-10-16(21)13-5-3-2-4-6-13/h2-9H,10-11H2,1H3,(H2,19,23)(H,20,22). The zero-order valence-electron chi connectivity index (χ0n) is 13.2. The zero-order chi connectivity index (χ0) is 17.5. The Balaban J connectivity index is 1.87. The highest BCUT2D eigenvalue weighted by atomic mass is 32.2. The van der Waals surface area contributed by atoms with Gasteiger partial charge in [0.2, 0.25) is 11.8 Å². The van der Waals surface area contributed by atoms with Crippen LogP contribution in [0.2, 0.25) is 0 Å². The van der Waals surface area contributed by atoms with Crippen LogP contribution in [0.25, 0.3) is 0 Å². The maximum Gasteiger partial charge on any atom is 0.248 e. The molecule has 0 atom stereocenters. The Bertz CT molecular complexity index is 760. The van der Waals surface area contributed by atoms with Crippen LogP contribution in [0.5, 0.6) is 0 Å². The van der Waals surface area contributed by atoms with Gasteiger partial charge in [0.1, 0.15) is 0 Å². The molecule has 2 amide bonds. The Hall–Kier alpha value is -2.60. The molecule has 0 aliphatic heterocycles. The fourth-order valence-corrected chi connectivity index (χ4v) is 2.75. The minimum atomic E-state index is -0.548. The number of rotatable bonds is 7. The molecule has 0 radical (unpaired) electrons. The molecule has 0 fully saturated rings. The quantitative estimate of drug-likeness (QED) is 0.757. The van der Waals surface area contributed by atoms with Crippen LogP contribution in [0.3, 0.4) is 0 Å². The van der Waals surface area contributed by atoms with Gasteiger partial charge >= 0.3 is 0 Å². The first-order chi connectivity index (χ1) is 11.5. The highest BCUT2D eigenvalue weighted by Gasteiger charge is 2.10. The van der Waals surface area contributed by atoms with Crippen LogP contribution in [0, 0.1) is 6.92 Å². The molecule has 2 rings (SSSR count). The van der Waals surface area contributed by atoms with Crippen LogP contribution in [-0.4, -0.2) is 29.1 Å². The maximum atomic E-state index is 12.0. The molecule has 0 heterocycles. The Morgan fingerprint density at radius 2 is 1.71 bits per heavy atom.